The van der Waals surface area contributed by atoms with Crippen molar-refractivity contribution < 1.29 is 5.11 Å². The first-order valence-corrected chi connectivity index (χ1v) is 8.27. The largest absolute Gasteiger partial charge is 0.383 e. The Bertz CT molecular complexity index is 633. The van der Waals surface area contributed by atoms with E-state index in [4.69, 9.17) is 0 Å². The molecule has 3 nitrogen and oxygen atoms in total. The lowest BCUT2D eigenvalue weighted by atomic mass is 9.83. The Morgan fingerprint density at radius 3 is 2.55 bits per heavy atom. The summed E-state index contributed by atoms with van der Waals surface area (Å²) in [6.45, 7) is 0. The van der Waals surface area contributed by atoms with Crippen molar-refractivity contribution in [2.75, 3.05) is 0 Å². The second kappa shape index (κ2) is 4.71. The number of aliphatic hydroxyl groups is 1. The zero-order valence-electron chi connectivity index (χ0n) is 11.3. The van der Waals surface area contributed by atoms with Crippen LogP contribution in [0.2, 0.25) is 0 Å². The van der Waals surface area contributed by atoms with Gasteiger partial charge in [-0.3, -0.25) is 4.98 Å². The van der Waals surface area contributed by atoms with Gasteiger partial charge in [-0.2, -0.15) is 11.8 Å². The van der Waals surface area contributed by atoms with Crippen LogP contribution in [0, 0.1) is 0 Å². The highest BCUT2D eigenvalue weighted by atomic mass is 32.2. The average Bonchev–Trinajstić information content (AvgIpc) is 2.46. The number of thioether (sulfide) groups is 1. The normalized spacial score (nSPS) is 33.2. The maximum atomic E-state index is 11.1. The Kier molecular flexibility index (Phi) is 2.97. The maximum absolute atomic E-state index is 11.1. The highest BCUT2D eigenvalue weighted by molar-refractivity contribution is 8.00. The van der Waals surface area contributed by atoms with Gasteiger partial charge in [0.25, 0.3) is 0 Å². The highest BCUT2D eigenvalue weighted by Crippen LogP contribution is 2.49. The summed E-state index contributed by atoms with van der Waals surface area (Å²) in [5, 5.41) is 12.3. The van der Waals surface area contributed by atoms with Crippen LogP contribution in [0.15, 0.2) is 30.5 Å². The van der Waals surface area contributed by atoms with Gasteiger partial charge >= 0.3 is 0 Å². The van der Waals surface area contributed by atoms with Crippen LogP contribution in [0.3, 0.4) is 0 Å². The summed E-state index contributed by atoms with van der Waals surface area (Å²) in [6.07, 6.45) is 7.17. The van der Waals surface area contributed by atoms with E-state index >= 15 is 0 Å². The minimum atomic E-state index is -0.780. The van der Waals surface area contributed by atoms with Crippen molar-refractivity contribution in [1.82, 2.24) is 9.97 Å². The van der Waals surface area contributed by atoms with Crippen LogP contribution in [0.4, 0.5) is 0 Å². The molecule has 0 aliphatic carbocycles. The molecule has 0 amide bonds. The standard InChI is InChI=1S/C16H18N2OS/c19-16(8-11-4-3-5-12(9-16)20-11)15-10-17-13-6-1-2-7-14(13)18-15/h1-2,6-7,10-12,19H,3-5,8-9H2. The van der Waals surface area contributed by atoms with E-state index in [1.807, 2.05) is 24.3 Å². The molecule has 4 heteroatoms. The number of rotatable bonds is 1. The van der Waals surface area contributed by atoms with E-state index in [0.717, 1.165) is 29.6 Å². The Morgan fingerprint density at radius 1 is 1.10 bits per heavy atom. The molecule has 104 valence electrons. The first kappa shape index (κ1) is 12.6. The Morgan fingerprint density at radius 2 is 1.80 bits per heavy atom. The molecule has 2 bridgehead atoms. The highest BCUT2D eigenvalue weighted by Gasteiger charge is 2.43. The topological polar surface area (TPSA) is 46.0 Å². The lowest BCUT2D eigenvalue weighted by Crippen LogP contribution is -2.41. The van der Waals surface area contributed by atoms with E-state index in [9.17, 15) is 5.11 Å². The van der Waals surface area contributed by atoms with Crippen molar-refractivity contribution in [1.29, 1.82) is 0 Å². The van der Waals surface area contributed by atoms with Crippen molar-refractivity contribution in [3.8, 4) is 0 Å². The molecule has 2 aliphatic rings. The smallest absolute Gasteiger partial charge is 0.110 e. The molecule has 2 atom stereocenters. The third-order valence-corrected chi connectivity index (χ3v) is 6.07. The molecule has 2 fully saturated rings. The minimum absolute atomic E-state index is 0.584. The Balaban J connectivity index is 1.73. The minimum Gasteiger partial charge on any atom is -0.383 e. The quantitative estimate of drug-likeness (QED) is 0.874. The predicted octanol–water partition coefficient (Wildman–Crippen LogP) is 3.27. The molecule has 2 aliphatic heterocycles. The molecule has 3 heterocycles. The fraction of sp³-hybridized carbons (Fsp3) is 0.500. The van der Waals surface area contributed by atoms with Gasteiger partial charge in [0.05, 0.1) is 22.9 Å². The lowest BCUT2D eigenvalue weighted by molar-refractivity contribution is 0.00402. The van der Waals surface area contributed by atoms with Crippen LogP contribution in [-0.2, 0) is 5.60 Å². The summed E-state index contributed by atoms with van der Waals surface area (Å²) in [5.74, 6) is 0. The molecule has 1 N–H and O–H groups in total. The van der Waals surface area contributed by atoms with Crippen molar-refractivity contribution in [2.45, 2.75) is 48.2 Å². The predicted molar refractivity (Wildman–Crippen MR) is 81.7 cm³/mol. The van der Waals surface area contributed by atoms with Crippen molar-refractivity contribution in [2.24, 2.45) is 0 Å². The molecule has 0 spiro atoms. The fourth-order valence-electron chi connectivity index (χ4n) is 3.51. The van der Waals surface area contributed by atoms with E-state index in [2.05, 4.69) is 21.7 Å². The molecule has 0 radical (unpaired) electrons. The molecule has 1 aromatic heterocycles. The third kappa shape index (κ3) is 2.11. The number of fused-ring (bicyclic) bond motifs is 3. The first-order valence-electron chi connectivity index (χ1n) is 7.33. The van der Waals surface area contributed by atoms with Gasteiger partial charge in [-0.05, 0) is 37.8 Å². The fourth-order valence-corrected chi connectivity index (χ4v) is 5.40. The van der Waals surface area contributed by atoms with Crippen LogP contribution in [0.5, 0.6) is 0 Å². The van der Waals surface area contributed by atoms with Gasteiger partial charge in [0, 0.05) is 10.5 Å². The molecular formula is C16H18N2OS. The van der Waals surface area contributed by atoms with Gasteiger partial charge in [-0.25, -0.2) is 4.98 Å². The summed E-state index contributed by atoms with van der Waals surface area (Å²) >= 11 is 2.07. The molecule has 0 saturated carbocycles. The van der Waals surface area contributed by atoms with Crippen molar-refractivity contribution in [3.63, 3.8) is 0 Å². The summed E-state index contributed by atoms with van der Waals surface area (Å²) < 4.78 is 0. The molecule has 2 saturated heterocycles. The zero-order chi connectivity index (χ0) is 13.6. The Labute approximate surface area is 122 Å². The molecule has 2 aromatic rings. The molecular weight excluding hydrogens is 268 g/mol. The van der Waals surface area contributed by atoms with Gasteiger partial charge in [0.15, 0.2) is 0 Å². The second-order valence-electron chi connectivity index (χ2n) is 5.99. The average molecular weight is 286 g/mol. The van der Waals surface area contributed by atoms with Crippen LogP contribution < -0.4 is 0 Å². The summed E-state index contributed by atoms with van der Waals surface area (Å²) in [7, 11) is 0. The number of hydrogen-bond donors (Lipinski definition) is 1. The monoisotopic (exact) mass is 286 g/mol. The SMILES string of the molecule is OC1(c2cnc3ccccc3n2)CC2CCCC(C1)S2. The second-order valence-corrected chi connectivity index (χ2v) is 7.60. The molecule has 2 unspecified atom stereocenters. The number of nitrogens with zero attached hydrogens (tertiary/aromatic N) is 2. The first-order chi connectivity index (χ1) is 9.73. The number of benzene rings is 1. The van der Waals surface area contributed by atoms with E-state index in [1.54, 1.807) is 6.20 Å². The molecule has 20 heavy (non-hydrogen) atoms. The van der Waals surface area contributed by atoms with Crippen LogP contribution >= 0.6 is 11.8 Å². The summed E-state index contributed by atoms with van der Waals surface area (Å²) in [6, 6.07) is 7.86. The van der Waals surface area contributed by atoms with Gasteiger partial charge in [0.1, 0.15) is 5.60 Å². The zero-order valence-corrected chi connectivity index (χ0v) is 12.1. The van der Waals surface area contributed by atoms with Gasteiger partial charge in [0.2, 0.25) is 0 Å². The van der Waals surface area contributed by atoms with E-state index in [-0.39, 0.29) is 0 Å². The van der Waals surface area contributed by atoms with Crippen LogP contribution in [0.25, 0.3) is 11.0 Å². The molecule has 4 rings (SSSR count). The number of aromatic nitrogens is 2. The lowest BCUT2D eigenvalue weighted by Gasteiger charge is -2.43. The third-order valence-electron chi connectivity index (χ3n) is 4.49. The van der Waals surface area contributed by atoms with Gasteiger partial charge in [-0.1, -0.05) is 18.6 Å². The number of hydrogen-bond acceptors (Lipinski definition) is 4. The van der Waals surface area contributed by atoms with Gasteiger partial charge < -0.3 is 5.11 Å². The maximum Gasteiger partial charge on any atom is 0.110 e. The van der Waals surface area contributed by atoms with Crippen molar-refractivity contribution >= 4 is 22.8 Å². The van der Waals surface area contributed by atoms with E-state index in [1.165, 1.54) is 19.3 Å². The number of para-hydroxylation sites is 2. The summed E-state index contributed by atoms with van der Waals surface area (Å²) in [5.41, 5.74) is 1.75. The van der Waals surface area contributed by atoms with Crippen LogP contribution in [0.1, 0.15) is 37.8 Å². The molecule has 1 aromatic carbocycles. The van der Waals surface area contributed by atoms with Crippen LogP contribution in [-0.4, -0.2) is 25.6 Å². The summed E-state index contributed by atoms with van der Waals surface area (Å²) in [4.78, 5) is 9.14. The Hall–Kier alpha value is -1.13. The van der Waals surface area contributed by atoms with Crippen molar-refractivity contribution in [3.05, 3.63) is 36.2 Å². The van der Waals surface area contributed by atoms with E-state index < -0.39 is 5.60 Å². The van der Waals surface area contributed by atoms with E-state index in [0.29, 0.717) is 10.5 Å². The van der Waals surface area contributed by atoms with Gasteiger partial charge in [-0.15, -0.1) is 0 Å².